The van der Waals surface area contributed by atoms with Crippen molar-refractivity contribution in [2.75, 3.05) is 106 Å². The lowest BCUT2D eigenvalue weighted by Crippen LogP contribution is -2.49. The highest BCUT2D eigenvalue weighted by Crippen LogP contribution is 2.52. The fraction of sp³-hybridized carbons (Fsp3) is 0.794. The molecule has 1 heterocycles. The first-order chi connectivity index (χ1) is 24.9. The van der Waals surface area contributed by atoms with Gasteiger partial charge in [-0.15, -0.1) is 16.9 Å². The number of methoxy groups -OCH3 is 1. The summed E-state index contributed by atoms with van der Waals surface area (Å²) in [6.07, 6.45) is 1.92. The number of nitrogens with zero attached hydrogens (tertiary/aromatic N) is 1. The maximum Gasteiger partial charge on any atom is 0.407 e. The van der Waals surface area contributed by atoms with Gasteiger partial charge in [-0.05, 0) is 30.6 Å². The molecule has 3 aliphatic rings. The lowest BCUT2D eigenvalue weighted by atomic mass is 10.1. The van der Waals surface area contributed by atoms with E-state index in [0.717, 1.165) is 25.7 Å². The molecule has 2 aliphatic carbocycles. The fourth-order valence-corrected chi connectivity index (χ4v) is 5.52. The van der Waals surface area contributed by atoms with Crippen LogP contribution >= 0.6 is 0 Å². The number of hydroxylamine groups is 2. The lowest BCUT2D eigenvalue weighted by molar-refractivity contribution is -0.197. The second-order valence-corrected chi connectivity index (χ2v) is 11.9. The number of carbonyl (C=O) groups excluding carboxylic acids is 5. The van der Waals surface area contributed by atoms with Crippen molar-refractivity contribution >= 4 is 29.8 Å². The monoisotopic (exact) mass is 727 g/mol. The van der Waals surface area contributed by atoms with Crippen LogP contribution in [0.5, 0.6) is 0 Å². The van der Waals surface area contributed by atoms with Crippen molar-refractivity contribution in [3.63, 3.8) is 0 Å². The molecular formula is C34H53N3O14. The molecule has 1 aliphatic heterocycles. The van der Waals surface area contributed by atoms with E-state index in [0.29, 0.717) is 89.6 Å². The minimum Gasteiger partial charge on any atom is -0.449 e. The summed E-state index contributed by atoms with van der Waals surface area (Å²) in [5.74, 6) is 4.39. The topological polar surface area (TPSA) is 196 Å². The van der Waals surface area contributed by atoms with Gasteiger partial charge in [0.15, 0.2) is 0 Å². The molecule has 0 aromatic rings. The summed E-state index contributed by atoms with van der Waals surface area (Å²) in [6, 6.07) is -1.38. The van der Waals surface area contributed by atoms with Gasteiger partial charge in [-0.25, -0.2) is 9.59 Å². The van der Waals surface area contributed by atoms with E-state index in [1.54, 1.807) is 7.11 Å². The minimum atomic E-state index is -1.38. The molecule has 0 bridgehead atoms. The Morgan fingerprint density at radius 1 is 0.725 bits per heavy atom. The number of hydrogen-bond acceptors (Lipinski definition) is 14. The van der Waals surface area contributed by atoms with Gasteiger partial charge in [0.25, 0.3) is 11.8 Å². The number of nitrogens with one attached hydrogen (secondary N) is 2. The molecule has 0 aromatic heterocycles. The Balaban J connectivity index is 1.23. The Morgan fingerprint density at radius 3 is 1.69 bits per heavy atom. The van der Waals surface area contributed by atoms with Gasteiger partial charge in [-0.2, -0.15) is 0 Å². The molecule has 17 heteroatoms. The number of fused-ring (bicyclic) bond motifs is 1. The van der Waals surface area contributed by atoms with Crippen molar-refractivity contribution in [2.24, 2.45) is 17.8 Å². The van der Waals surface area contributed by atoms with Crippen LogP contribution in [0.4, 0.5) is 4.79 Å². The van der Waals surface area contributed by atoms with E-state index in [2.05, 4.69) is 22.5 Å². The van der Waals surface area contributed by atoms with Crippen LogP contribution < -0.4 is 10.6 Å². The summed E-state index contributed by atoms with van der Waals surface area (Å²) < 4.78 is 42.8. The van der Waals surface area contributed by atoms with Crippen LogP contribution in [0.15, 0.2) is 0 Å². The number of hydrogen-bond donors (Lipinski definition) is 2. The number of rotatable bonds is 28. The van der Waals surface area contributed by atoms with Gasteiger partial charge in [-0.1, -0.05) is 0 Å². The summed E-state index contributed by atoms with van der Waals surface area (Å²) in [6.45, 7) is 5.68. The van der Waals surface area contributed by atoms with Gasteiger partial charge in [0.1, 0.15) is 6.04 Å². The lowest BCUT2D eigenvalue weighted by Gasteiger charge is -2.19. The van der Waals surface area contributed by atoms with Crippen molar-refractivity contribution < 1.29 is 66.7 Å². The molecule has 51 heavy (non-hydrogen) atoms. The van der Waals surface area contributed by atoms with E-state index in [1.165, 1.54) is 0 Å². The average Bonchev–Trinajstić information content (AvgIpc) is 3.65. The molecule has 2 N–H and O–H groups in total. The molecule has 1 saturated heterocycles. The fourth-order valence-electron chi connectivity index (χ4n) is 5.52. The number of ether oxygens (including phenoxy) is 8. The highest BCUT2D eigenvalue weighted by Gasteiger charge is 2.49. The van der Waals surface area contributed by atoms with E-state index in [4.69, 9.17) is 42.7 Å². The molecule has 1 saturated carbocycles. The molecule has 4 amide bonds. The molecule has 288 valence electrons. The third-order valence-electron chi connectivity index (χ3n) is 8.26. The number of amides is 4. The Labute approximate surface area is 298 Å². The normalized spacial score (nSPS) is 20.0. The van der Waals surface area contributed by atoms with Crippen molar-refractivity contribution in [3.8, 4) is 11.8 Å². The summed E-state index contributed by atoms with van der Waals surface area (Å²) in [5.41, 5.74) is 0. The van der Waals surface area contributed by atoms with Gasteiger partial charge < -0.3 is 53.4 Å². The molecule has 2 unspecified atom stereocenters. The first-order valence-corrected chi connectivity index (χ1v) is 17.6. The van der Waals surface area contributed by atoms with E-state index in [-0.39, 0.29) is 45.1 Å². The van der Waals surface area contributed by atoms with Gasteiger partial charge in [0.05, 0.1) is 98.9 Å². The summed E-state index contributed by atoms with van der Waals surface area (Å²) in [4.78, 5) is 66.7. The molecular weight excluding hydrogens is 674 g/mol. The minimum absolute atomic E-state index is 0.0743. The average molecular weight is 728 g/mol. The second kappa shape index (κ2) is 25.6. The van der Waals surface area contributed by atoms with Crippen LogP contribution in [-0.4, -0.2) is 147 Å². The quantitative estimate of drug-likeness (QED) is 0.0638. The molecule has 2 fully saturated rings. The highest BCUT2D eigenvalue weighted by atomic mass is 16.7. The van der Waals surface area contributed by atoms with Gasteiger partial charge in [0, 0.05) is 39.3 Å². The highest BCUT2D eigenvalue weighted by molar-refractivity contribution is 6.01. The molecule has 3 rings (SSSR count). The standard InChI is InChI=1S/C34H53N3O14/c1-43-12-13-45-16-17-47-20-21-49-23-22-48-19-18-46-15-14-44-11-10-35-33(41)29(24-32(40)51-37-30(38)8-9-31(37)39)36-34(42)50-25-28-26-6-4-2-3-5-7-27(26)28/h26-29H,4-25H2,1H3,(H,35,41)(H,36,42)/t26?,27?,28?,29-/m0/s1. The van der Waals surface area contributed by atoms with Crippen LogP contribution in [0.2, 0.25) is 0 Å². The SMILES string of the molecule is COCCOCCOCCOCCOCCOCCOCCNC(=O)[C@H](CC(=O)ON1C(=O)CCC1=O)NC(=O)OCC1C2CCC#CCCC21. The van der Waals surface area contributed by atoms with Gasteiger partial charge in [-0.3, -0.25) is 14.4 Å². The number of imide groups is 1. The van der Waals surface area contributed by atoms with E-state index in [1.807, 2.05) is 0 Å². The zero-order valence-electron chi connectivity index (χ0n) is 29.5. The predicted molar refractivity (Wildman–Crippen MR) is 177 cm³/mol. The zero-order valence-corrected chi connectivity index (χ0v) is 29.5. The molecule has 0 aromatic carbocycles. The molecule has 0 radical (unpaired) electrons. The summed E-state index contributed by atoms with van der Waals surface area (Å²) in [7, 11) is 1.62. The van der Waals surface area contributed by atoms with Crippen LogP contribution in [0.3, 0.4) is 0 Å². The predicted octanol–water partition coefficient (Wildman–Crippen LogP) is 0.380. The maximum atomic E-state index is 12.9. The first-order valence-electron chi connectivity index (χ1n) is 17.6. The van der Waals surface area contributed by atoms with Crippen LogP contribution in [0.1, 0.15) is 44.9 Å². The maximum absolute atomic E-state index is 12.9. The summed E-state index contributed by atoms with van der Waals surface area (Å²) >= 11 is 0. The Bertz CT molecular complexity index is 1110. The molecule has 17 nitrogen and oxygen atoms in total. The Morgan fingerprint density at radius 2 is 1.20 bits per heavy atom. The zero-order chi connectivity index (χ0) is 36.5. The van der Waals surface area contributed by atoms with E-state index >= 15 is 0 Å². The molecule has 3 atom stereocenters. The Kier molecular flexibility index (Phi) is 21.1. The van der Waals surface area contributed by atoms with Crippen molar-refractivity contribution in [2.45, 2.75) is 51.0 Å². The van der Waals surface area contributed by atoms with Crippen LogP contribution in [-0.2, 0) is 61.9 Å². The van der Waals surface area contributed by atoms with Crippen LogP contribution in [0.25, 0.3) is 0 Å². The van der Waals surface area contributed by atoms with Crippen molar-refractivity contribution in [1.82, 2.24) is 15.7 Å². The van der Waals surface area contributed by atoms with Gasteiger partial charge >= 0.3 is 12.1 Å². The number of alkyl carbamates (subject to hydrolysis) is 1. The van der Waals surface area contributed by atoms with Gasteiger partial charge in [0.2, 0.25) is 5.91 Å². The largest absolute Gasteiger partial charge is 0.449 e. The van der Waals surface area contributed by atoms with E-state index < -0.39 is 42.2 Å². The second-order valence-electron chi connectivity index (χ2n) is 11.9. The first kappa shape index (κ1) is 42.0. The van der Waals surface area contributed by atoms with Crippen LogP contribution in [0, 0.1) is 29.6 Å². The molecule has 0 spiro atoms. The Hall–Kier alpha value is -3.37. The summed E-state index contributed by atoms with van der Waals surface area (Å²) in [5, 5.41) is 5.41. The third-order valence-corrected chi connectivity index (χ3v) is 8.26. The van der Waals surface area contributed by atoms with E-state index in [9.17, 15) is 24.0 Å². The van der Waals surface area contributed by atoms with Crippen molar-refractivity contribution in [1.29, 1.82) is 0 Å². The smallest absolute Gasteiger partial charge is 0.407 e. The number of carbonyl (C=O) groups is 5. The third kappa shape index (κ3) is 17.6. The van der Waals surface area contributed by atoms with Crippen molar-refractivity contribution in [3.05, 3.63) is 0 Å².